The topological polar surface area (TPSA) is 93.5 Å². The first-order valence-electron chi connectivity index (χ1n) is 8.28. The molecule has 1 saturated heterocycles. The standard InChI is InChI=1S/C18H19N3O4S/c22-18(20-19-15-8-2-3-9-16(15)21(23)24)14-7-1-4-10-17(14)26-12-13-6-5-11-25-13/h1-4,7-10,13,19H,5-6,11-12H2,(H,20,22). The molecule has 0 saturated carbocycles. The molecule has 7 nitrogen and oxygen atoms in total. The number of nitro benzene ring substituents is 1. The van der Waals surface area contributed by atoms with Crippen molar-refractivity contribution >= 4 is 29.0 Å². The van der Waals surface area contributed by atoms with Gasteiger partial charge in [-0.15, -0.1) is 11.8 Å². The molecule has 1 aliphatic rings. The first-order chi connectivity index (χ1) is 12.6. The Hall–Kier alpha value is -2.58. The van der Waals surface area contributed by atoms with Gasteiger partial charge in [0.2, 0.25) is 0 Å². The molecule has 0 spiro atoms. The van der Waals surface area contributed by atoms with Crippen LogP contribution in [-0.4, -0.2) is 29.3 Å². The molecule has 1 atom stereocenters. The van der Waals surface area contributed by atoms with Crippen molar-refractivity contribution < 1.29 is 14.5 Å². The van der Waals surface area contributed by atoms with Crippen LogP contribution in [0.5, 0.6) is 0 Å². The molecule has 2 N–H and O–H groups in total. The van der Waals surface area contributed by atoms with Crippen molar-refractivity contribution in [3.05, 3.63) is 64.2 Å². The van der Waals surface area contributed by atoms with Gasteiger partial charge in [-0.25, -0.2) is 0 Å². The van der Waals surface area contributed by atoms with Gasteiger partial charge in [0.1, 0.15) is 5.69 Å². The third kappa shape index (κ3) is 4.53. The second kappa shape index (κ2) is 8.68. The lowest BCUT2D eigenvalue weighted by molar-refractivity contribution is -0.384. The zero-order valence-electron chi connectivity index (χ0n) is 14.0. The number of nitrogens with one attached hydrogen (secondary N) is 2. The largest absolute Gasteiger partial charge is 0.377 e. The van der Waals surface area contributed by atoms with E-state index >= 15 is 0 Å². The van der Waals surface area contributed by atoms with Gasteiger partial charge in [-0.2, -0.15) is 0 Å². The van der Waals surface area contributed by atoms with Crippen molar-refractivity contribution in [2.24, 2.45) is 0 Å². The van der Waals surface area contributed by atoms with Crippen LogP contribution in [-0.2, 0) is 4.74 Å². The summed E-state index contributed by atoms with van der Waals surface area (Å²) in [6.07, 6.45) is 2.34. The van der Waals surface area contributed by atoms with Crippen molar-refractivity contribution in [1.82, 2.24) is 5.43 Å². The van der Waals surface area contributed by atoms with Crippen LogP contribution in [0.4, 0.5) is 11.4 Å². The number of carbonyl (C=O) groups excluding carboxylic acids is 1. The van der Waals surface area contributed by atoms with Crippen molar-refractivity contribution in [2.75, 3.05) is 17.8 Å². The van der Waals surface area contributed by atoms with E-state index in [0.29, 0.717) is 5.56 Å². The number of nitrogens with zero attached hydrogens (tertiary/aromatic N) is 1. The highest BCUT2D eigenvalue weighted by Gasteiger charge is 2.18. The van der Waals surface area contributed by atoms with E-state index in [1.807, 2.05) is 12.1 Å². The predicted octanol–water partition coefficient (Wildman–Crippen LogP) is 3.62. The summed E-state index contributed by atoms with van der Waals surface area (Å²) in [4.78, 5) is 23.9. The monoisotopic (exact) mass is 373 g/mol. The molecule has 3 rings (SSSR count). The highest BCUT2D eigenvalue weighted by Crippen LogP contribution is 2.27. The van der Waals surface area contributed by atoms with Gasteiger partial charge in [0.15, 0.2) is 0 Å². The summed E-state index contributed by atoms with van der Waals surface area (Å²) in [6.45, 7) is 0.799. The van der Waals surface area contributed by atoms with E-state index < -0.39 is 4.92 Å². The number of ether oxygens (including phenoxy) is 1. The lowest BCUT2D eigenvalue weighted by atomic mass is 10.2. The minimum atomic E-state index is -0.500. The number of hydrogen-bond donors (Lipinski definition) is 2. The Morgan fingerprint density at radius 2 is 2.00 bits per heavy atom. The zero-order valence-corrected chi connectivity index (χ0v) is 14.8. The number of hydrazine groups is 1. The molecule has 1 aliphatic heterocycles. The lowest BCUT2D eigenvalue weighted by Gasteiger charge is -2.13. The minimum Gasteiger partial charge on any atom is -0.377 e. The average Bonchev–Trinajstić information content (AvgIpc) is 3.18. The van der Waals surface area contributed by atoms with Crippen LogP contribution in [0.2, 0.25) is 0 Å². The van der Waals surface area contributed by atoms with Crippen molar-refractivity contribution in [2.45, 2.75) is 23.8 Å². The third-order valence-corrected chi connectivity index (χ3v) is 5.20. The summed E-state index contributed by atoms with van der Waals surface area (Å²) >= 11 is 1.58. The van der Waals surface area contributed by atoms with E-state index in [1.54, 1.807) is 36.0 Å². The molecule has 8 heteroatoms. The van der Waals surface area contributed by atoms with Gasteiger partial charge in [-0.05, 0) is 31.0 Å². The Balaban J connectivity index is 1.65. The summed E-state index contributed by atoms with van der Waals surface area (Å²) in [6, 6.07) is 13.4. The van der Waals surface area contributed by atoms with Crippen LogP contribution in [0.15, 0.2) is 53.4 Å². The van der Waals surface area contributed by atoms with Gasteiger partial charge < -0.3 is 4.74 Å². The first-order valence-corrected chi connectivity index (χ1v) is 9.27. The zero-order chi connectivity index (χ0) is 18.4. The number of anilines is 1. The van der Waals surface area contributed by atoms with Gasteiger partial charge in [-0.1, -0.05) is 24.3 Å². The van der Waals surface area contributed by atoms with Gasteiger partial charge in [0, 0.05) is 23.3 Å². The molecule has 2 aromatic rings. The fourth-order valence-corrected chi connectivity index (χ4v) is 3.79. The molecule has 136 valence electrons. The third-order valence-electron chi connectivity index (χ3n) is 3.99. The Kier molecular flexibility index (Phi) is 6.08. The molecule has 1 amide bonds. The number of rotatable bonds is 7. The summed E-state index contributed by atoms with van der Waals surface area (Å²) in [7, 11) is 0. The smallest absolute Gasteiger partial charge is 0.294 e. The number of thioether (sulfide) groups is 1. The molecule has 1 unspecified atom stereocenters. The number of amides is 1. The number of nitro groups is 1. The van der Waals surface area contributed by atoms with Crippen LogP contribution in [0.25, 0.3) is 0 Å². The van der Waals surface area contributed by atoms with Crippen LogP contribution in [0.3, 0.4) is 0 Å². The molecular formula is C18H19N3O4S. The fourth-order valence-electron chi connectivity index (χ4n) is 2.67. The maximum absolute atomic E-state index is 12.5. The maximum atomic E-state index is 12.5. The van der Waals surface area contributed by atoms with Crippen molar-refractivity contribution in [1.29, 1.82) is 0 Å². The lowest BCUT2D eigenvalue weighted by Crippen LogP contribution is -2.30. The highest BCUT2D eigenvalue weighted by molar-refractivity contribution is 7.99. The van der Waals surface area contributed by atoms with E-state index in [9.17, 15) is 14.9 Å². The molecule has 1 heterocycles. The van der Waals surface area contributed by atoms with Crippen LogP contribution >= 0.6 is 11.8 Å². The summed E-state index contributed by atoms with van der Waals surface area (Å²) in [5.74, 6) is 0.445. The van der Waals surface area contributed by atoms with Crippen LogP contribution in [0, 0.1) is 10.1 Å². The molecule has 1 fully saturated rings. The average molecular weight is 373 g/mol. The molecule has 2 aromatic carbocycles. The van der Waals surface area contributed by atoms with E-state index in [1.165, 1.54) is 12.1 Å². The van der Waals surface area contributed by atoms with Gasteiger partial charge in [0.05, 0.1) is 16.6 Å². The second-order valence-corrected chi connectivity index (χ2v) is 6.86. The normalized spacial score (nSPS) is 16.2. The summed E-state index contributed by atoms with van der Waals surface area (Å²) in [5.41, 5.74) is 5.83. The maximum Gasteiger partial charge on any atom is 0.294 e. The van der Waals surface area contributed by atoms with E-state index in [0.717, 1.165) is 30.1 Å². The van der Waals surface area contributed by atoms with Crippen molar-refractivity contribution in [3.8, 4) is 0 Å². The molecular weight excluding hydrogens is 354 g/mol. The summed E-state index contributed by atoms with van der Waals surface area (Å²) in [5, 5.41) is 11.0. The Labute approximate surface area is 155 Å². The number of carbonyl (C=O) groups is 1. The highest BCUT2D eigenvalue weighted by atomic mass is 32.2. The van der Waals surface area contributed by atoms with Crippen molar-refractivity contribution in [3.63, 3.8) is 0 Å². The minimum absolute atomic E-state index is 0.103. The summed E-state index contributed by atoms with van der Waals surface area (Å²) < 4.78 is 5.62. The Morgan fingerprint density at radius 1 is 1.23 bits per heavy atom. The fraction of sp³-hybridized carbons (Fsp3) is 0.278. The number of para-hydroxylation sites is 2. The van der Waals surface area contributed by atoms with Crippen LogP contribution in [0.1, 0.15) is 23.2 Å². The Morgan fingerprint density at radius 3 is 2.77 bits per heavy atom. The predicted molar refractivity (Wildman–Crippen MR) is 100 cm³/mol. The molecule has 0 aliphatic carbocycles. The van der Waals surface area contributed by atoms with E-state index in [2.05, 4.69) is 10.9 Å². The second-order valence-electron chi connectivity index (χ2n) is 5.80. The SMILES string of the molecule is O=C(NNc1ccccc1[N+](=O)[O-])c1ccccc1SCC1CCCO1. The van der Waals surface area contributed by atoms with E-state index in [-0.39, 0.29) is 23.4 Å². The molecule has 0 aromatic heterocycles. The molecule has 0 bridgehead atoms. The van der Waals surface area contributed by atoms with Gasteiger partial charge in [-0.3, -0.25) is 25.8 Å². The first kappa shape index (κ1) is 18.2. The molecule has 0 radical (unpaired) electrons. The number of hydrogen-bond acceptors (Lipinski definition) is 6. The Bertz CT molecular complexity index is 794. The van der Waals surface area contributed by atoms with Gasteiger partial charge >= 0.3 is 0 Å². The van der Waals surface area contributed by atoms with Gasteiger partial charge in [0.25, 0.3) is 11.6 Å². The molecule has 26 heavy (non-hydrogen) atoms. The number of benzene rings is 2. The van der Waals surface area contributed by atoms with E-state index in [4.69, 9.17) is 4.74 Å². The quantitative estimate of drug-likeness (QED) is 0.437. The van der Waals surface area contributed by atoms with Crippen LogP contribution < -0.4 is 10.9 Å².